The lowest BCUT2D eigenvalue weighted by atomic mass is 10.1. The molecule has 0 spiro atoms. The summed E-state index contributed by atoms with van der Waals surface area (Å²) in [4.78, 5) is 0. The molecule has 0 fully saturated rings. The predicted octanol–water partition coefficient (Wildman–Crippen LogP) is 2.49. The van der Waals surface area contributed by atoms with Gasteiger partial charge in [0.25, 0.3) is 0 Å². The van der Waals surface area contributed by atoms with E-state index in [1.54, 1.807) is 10.7 Å². The molecule has 0 radical (unpaired) electrons. The van der Waals surface area contributed by atoms with E-state index in [0.717, 1.165) is 16.8 Å². The SMILES string of the molecule is C=C(C)c1ccc(-n2ccc(N)n2)cc1. The van der Waals surface area contributed by atoms with Crippen molar-refractivity contribution in [1.29, 1.82) is 0 Å². The highest BCUT2D eigenvalue weighted by atomic mass is 15.3. The summed E-state index contributed by atoms with van der Waals surface area (Å²) < 4.78 is 1.75. The van der Waals surface area contributed by atoms with E-state index < -0.39 is 0 Å². The largest absolute Gasteiger partial charge is 0.382 e. The minimum absolute atomic E-state index is 0.527. The van der Waals surface area contributed by atoms with Crippen LogP contribution in [-0.4, -0.2) is 9.78 Å². The molecule has 0 aliphatic rings. The van der Waals surface area contributed by atoms with E-state index in [9.17, 15) is 0 Å². The third-order valence-corrected chi connectivity index (χ3v) is 2.23. The predicted molar refractivity (Wildman–Crippen MR) is 62.7 cm³/mol. The summed E-state index contributed by atoms with van der Waals surface area (Å²) in [5.74, 6) is 0.527. The van der Waals surface area contributed by atoms with E-state index in [1.807, 2.05) is 37.4 Å². The highest BCUT2D eigenvalue weighted by molar-refractivity contribution is 5.62. The van der Waals surface area contributed by atoms with Crippen molar-refractivity contribution in [2.45, 2.75) is 6.92 Å². The molecule has 2 rings (SSSR count). The third-order valence-electron chi connectivity index (χ3n) is 2.23. The average Bonchev–Trinajstić information content (AvgIpc) is 2.65. The molecule has 3 nitrogen and oxygen atoms in total. The summed E-state index contributed by atoms with van der Waals surface area (Å²) in [5.41, 5.74) is 8.74. The van der Waals surface area contributed by atoms with Gasteiger partial charge in [0.1, 0.15) is 5.82 Å². The Morgan fingerprint density at radius 3 is 2.40 bits per heavy atom. The normalized spacial score (nSPS) is 10.2. The summed E-state index contributed by atoms with van der Waals surface area (Å²) in [5, 5.41) is 4.13. The van der Waals surface area contributed by atoms with Crippen molar-refractivity contribution in [3.05, 3.63) is 48.7 Å². The van der Waals surface area contributed by atoms with Gasteiger partial charge >= 0.3 is 0 Å². The summed E-state index contributed by atoms with van der Waals surface area (Å²) in [6, 6.07) is 9.81. The zero-order valence-corrected chi connectivity index (χ0v) is 8.64. The Kier molecular flexibility index (Phi) is 2.29. The fourth-order valence-electron chi connectivity index (χ4n) is 1.38. The second kappa shape index (κ2) is 3.61. The van der Waals surface area contributed by atoms with Crippen molar-refractivity contribution < 1.29 is 0 Å². The maximum absolute atomic E-state index is 5.55. The molecule has 0 atom stereocenters. The number of allylic oxidation sites excluding steroid dienone is 1. The van der Waals surface area contributed by atoms with Gasteiger partial charge in [-0.15, -0.1) is 0 Å². The molecule has 0 amide bonds. The van der Waals surface area contributed by atoms with E-state index in [0.29, 0.717) is 5.82 Å². The highest BCUT2D eigenvalue weighted by Gasteiger charge is 1.98. The quantitative estimate of drug-likeness (QED) is 0.807. The van der Waals surface area contributed by atoms with Crippen LogP contribution in [0.2, 0.25) is 0 Å². The smallest absolute Gasteiger partial charge is 0.145 e. The maximum atomic E-state index is 5.55. The molecule has 0 unspecified atom stereocenters. The van der Waals surface area contributed by atoms with Gasteiger partial charge in [0.2, 0.25) is 0 Å². The number of nitrogens with zero attached hydrogens (tertiary/aromatic N) is 2. The summed E-state index contributed by atoms with van der Waals surface area (Å²) >= 11 is 0. The maximum Gasteiger partial charge on any atom is 0.145 e. The molecule has 0 aliphatic carbocycles. The van der Waals surface area contributed by atoms with Crippen LogP contribution in [0.1, 0.15) is 12.5 Å². The van der Waals surface area contributed by atoms with Crippen LogP contribution in [0.4, 0.5) is 5.82 Å². The molecule has 0 saturated heterocycles. The van der Waals surface area contributed by atoms with Gasteiger partial charge in [0, 0.05) is 12.3 Å². The molecule has 1 aromatic heterocycles. The van der Waals surface area contributed by atoms with Crippen molar-refractivity contribution in [2.24, 2.45) is 0 Å². The van der Waals surface area contributed by atoms with Crippen LogP contribution in [0.3, 0.4) is 0 Å². The second-order valence-corrected chi connectivity index (χ2v) is 3.51. The summed E-state index contributed by atoms with van der Waals surface area (Å²) in [6.45, 7) is 5.88. The van der Waals surface area contributed by atoms with Gasteiger partial charge in [-0.1, -0.05) is 24.3 Å². The Hall–Kier alpha value is -2.03. The number of nitrogen functional groups attached to an aromatic ring is 1. The van der Waals surface area contributed by atoms with Crippen molar-refractivity contribution >= 4 is 11.4 Å². The molecule has 2 aromatic rings. The van der Waals surface area contributed by atoms with Crippen molar-refractivity contribution in [2.75, 3.05) is 5.73 Å². The van der Waals surface area contributed by atoms with Crippen LogP contribution in [-0.2, 0) is 0 Å². The molecule has 0 bridgehead atoms. The monoisotopic (exact) mass is 199 g/mol. The topological polar surface area (TPSA) is 43.8 Å². The van der Waals surface area contributed by atoms with Crippen LogP contribution < -0.4 is 5.73 Å². The van der Waals surface area contributed by atoms with Crippen molar-refractivity contribution in [3.63, 3.8) is 0 Å². The number of hydrogen-bond donors (Lipinski definition) is 1. The molecule has 76 valence electrons. The molecule has 3 heteroatoms. The van der Waals surface area contributed by atoms with E-state index in [2.05, 4.69) is 11.7 Å². The Balaban J connectivity index is 2.35. The molecular weight excluding hydrogens is 186 g/mol. The standard InChI is InChI=1S/C12H13N3/c1-9(2)10-3-5-11(6-4-10)15-8-7-12(13)14-15/h3-8H,1H2,2H3,(H2,13,14). The van der Waals surface area contributed by atoms with E-state index in [1.165, 1.54) is 0 Å². The number of aromatic nitrogens is 2. The van der Waals surface area contributed by atoms with Crippen LogP contribution >= 0.6 is 0 Å². The molecule has 0 aliphatic heterocycles. The molecule has 2 N–H and O–H groups in total. The molecule has 1 aromatic carbocycles. The molecule has 1 heterocycles. The minimum Gasteiger partial charge on any atom is -0.382 e. The van der Waals surface area contributed by atoms with E-state index in [-0.39, 0.29) is 0 Å². The lowest BCUT2D eigenvalue weighted by Gasteiger charge is -2.03. The number of nitrogens with two attached hydrogens (primary N) is 1. The lowest BCUT2D eigenvalue weighted by Crippen LogP contribution is -1.96. The molecular formula is C12H13N3. The first-order valence-corrected chi connectivity index (χ1v) is 4.74. The zero-order chi connectivity index (χ0) is 10.8. The Bertz CT molecular complexity index is 480. The van der Waals surface area contributed by atoms with Gasteiger partial charge in [-0.2, -0.15) is 5.10 Å². The van der Waals surface area contributed by atoms with Crippen LogP contribution in [0.15, 0.2) is 43.1 Å². The second-order valence-electron chi connectivity index (χ2n) is 3.51. The molecule has 0 saturated carbocycles. The summed E-state index contributed by atoms with van der Waals surface area (Å²) in [6.07, 6.45) is 1.84. The van der Waals surface area contributed by atoms with Crippen molar-refractivity contribution in [3.8, 4) is 5.69 Å². The number of hydrogen-bond acceptors (Lipinski definition) is 2. The van der Waals surface area contributed by atoms with Gasteiger partial charge in [-0.25, -0.2) is 4.68 Å². The fourth-order valence-corrected chi connectivity index (χ4v) is 1.38. The third kappa shape index (κ3) is 1.91. The van der Waals surface area contributed by atoms with Crippen LogP contribution in [0, 0.1) is 0 Å². The van der Waals surface area contributed by atoms with Crippen LogP contribution in [0.5, 0.6) is 0 Å². The van der Waals surface area contributed by atoms with Gasteiger partial charge in [-0.3, -0.25) is 0 Å². The number of anilines is 1. The zero-order valence-electron chi connectivity index (χ0n) is 8.64. The Labute approximate surface area is 88.8 Å². The molecule has 15 heavy (non-hydrogen) atoms. The average molecular weight is 199 g/mol. The summed E-state index contributed by atoms with van der Waals surface area (Å²) in [7, 11) is 0. The van der Waals surface area contributed by atoms with Gasteiger partial charge in [0.05, 0.1) is 5.69 Å². The highest BCUT2D eigenvalue weighted by Crippen LogP contribution is 2.15. The van der Waals surface area contributed by atoms with Gasteiger partial charge in [0.15, 0.2) is 0 Å². The first-order valence-electron chi connectivity index (χ1n) is 4.74. The van der Waals surface area contributed by atoms with E-state index >= 15 is 0 Å². The number of rotatable bonds is 2. The number of benzene rings is 1. The van der Waals surface area contributed by atoms with Gasteiger partial charge < -0.3 is 5.73 Å². The van der Waals surface area contributed by atoms with Crippen molar-refractivity contribution in [1.82, 2.24) is 9.78 Å². The Morgan fingerprint density at radius 1 is 1.27 bits per heavy atom. The van der Waals surface area contributed by atoms with Crippen LogP contribution in [0.25, 0.3) is 11.3 Å². The first-order chi connectivity index (χ1) is 7.16. The first kappa shape index (κ1) is 9.52. The lowest BCUT2D eigenvalue weighted by molar-refractivity contribution is 0.886. The van der Waals surface area contributed by atoms with Gasteiger partial charge in [-0.05, 0) is 24.6 Å². The van der Waals surface area contributed by atoms with E-state index in [4.69, 9.17) is 5.73 Å². The minimum atomic E-state index is 0.527. The Morgan fingerprint density at radius 2 is 1.93 bits per heavy atom. The fraction of sp³-hybridized carbons (Fsp3) is 0.0833.